The molecule has 9 heteroatoms. The monoisotopic (exact) mass is 638 g/mol. The van der Waals surface area contributed by atoms with Crippen molar-refractivity contribution in [2.75, 3.05) is 13.2 Å². The minimum absolute atomic E-state index is 0.0124. The van der Waals surface area contributed by atoms with Gasteiger partial charge in [-0.2, -0.15) is 0 Å². The molecule has 0 aromatic heterocycles. The Morgan fingerprint density at radius 3 is 2.49 bits per heavy atom. The standard InChI is InChI=1S/C28H32ClIN2O5/c29-21-11-9-18(10-12-21)17-32(28(36)19-5-1-2-6-19)23-15-20(27(35)31-13-14-33)16-25(26(23)34)37-24-8-4-3-7-22(24)30/h3-4,7-12,16,19,23,25-26,33-34H,1-2,5-6,13-15,17H2,(H,31,35)/t23-,25+,26+/m1/s1. The Balaban J connectivity index is 1.68. The van der Waals surface area contributed by atoms with Crippen LogP contribution in [0.3, 0.4) is 0 Å². The number of benzene rings is 2. The summed E-state index contributed by atoms with van der Waals surface area (Å²) in [6.07, 6.45) is 3.57. The summed E-state index contributed by atoms with van der Waals surface area (Å²) in [4.78, 5) is 28.5. The van der Waals surface area contributed by atoms with Crippen molar-refractivity contribution in [1.82, 2.24) is 10.2 Å². The van der Waals surface area contributed by atoms with Crippen molar-refractivity contribution in [2.24, 2.45) is 5.92 Å². The molecule has 0 radical (unpaired) electrons. The van der Waals surface area contributed by atoms with Crippen molar-refractivity contribution in [3.8, 4) is 5.75 Å². The average molecular weight is 639 g/mol. The lowest BCUT2D eigenvalue weighted by Crippen LogP contribution is -2.55. The maximum Gasteiger partial charge on any atom is 0.247 e. The van der Waals surface area contributed by atoms with E-state index in [4.69, 9.17) is 16.3 Å². The fraction of sp³-hybridized carbons (Fsp3) is 0.429. The molecular formula is C28H32ClIN2O5. The summed E-state index contributed by atoms with van der Waals surface area (Å²) in [6, 6.07) is 14.1. The molecule has 2 aromatic rings. The number of nitrogens with one attached hydrogen (secondary N) is 1. The van der Waals surface area contributed by atoms with Gasteiger partial charge < -0.3 is 25.2 Å². The van der Waals surface area contributed by atoms with Crippen LogP contribution in [0.15, 0.2) is 60.2 Å². The second kappa shape index (κ2) is 13.1. The first-order chi connectivity index (χ1) is 17.9. The number of halogens is 2. The van der Waals surface area contributed by atoms with Crippen LogP contribution in [0.5, 0.6) is 5.75 Å². The van der Waals surface area contributed by atoms with Gasteiger partial charge in [0.05, 0.1) is 16.2 Å². The molecule has 3 N–H and O–H groups in total. The molecular weight excluding hydrogens is 607 g/mol. The van der Waals surface area contributed by atoms with E-state index in [1.807, 2.05) is 36.4 Å². The lowest BCUT2D eigenvalue weighted by atomic mass is 9.87. The zero-order valence-corrected chi connectivity index (χ0v) is 23.4. The highest BCUT2D eigenvalue weighted by molar-refractivity contribution is 14.1. The first-order valence-electron chi connectivity index (χ1n) is 12.6. The van der Waals surface area contributed by atoms with E-state index in [1.165, 1.54) is 0 Å². The lowest BCUT2D eigenvalue weighted by Gasteiger charge is -2.41. The highest BCUT2D eigenvalue weighted by Crippen LogP contribution is 2.34. The zero-order chi connectivity index (χ0) is 26.4. The molecule has 2 aliphatic rings. The van der Waals surface area contributed by atoms with Crippen LogP contribution in [0, 0.1) is 9.49 Å². The van der Waals surface area contributed by atoms with Gasteiger partial charge in [-0.25, -0.2) is 0 Å². The number of carbonyl (C=O) groups excluding carboxylic acids is 2. The Kier molecular flexibility index (Phi) is 9.86. The van der Waals surface area contributed by atoms with E-state index in [2.05, 4.69) is 27.9 Å². The summed E-state index contributed by atoms with van der Waals surface area (Å²) < 4.78 is 7.09. The largest absolute Gasteiger partial charge is 0.482 e. The molecule has 0 heterocycles. The van der Waals surface area contributed by atoms with Crippen molar-refractivity contribution in [3.05, 3.63) is 74.3 Å². The zero-order valence-electron chi connectivity index (χ0n) is 20.5. The van der Waals surface area contributed by atoms with Crippen LogP contribution in [-0.2, 0) is 16.1 Å². The maximum atomic E-state index is 13.8. The Hall–Kier alpha value is -2.14. The summed E-state index contributed by atoms with van der Waals surface area (Å²) >= 11 is 8.25. The van der Waals surface area contributed by atoms with Crippen LogP contribution in [0.2, 0.25) is 5.02 Å². The Bertz CT molecular complexity index is 1120. The molecule has 4 rings (SSSR count). The normalized spacial score (nSPS) is 21.8. The van der Waals surface area contributed by atoms with E-state index < -0.39 is 18.2 Å². The van der Waals surface area contributed by atoms with Gasteiger partial charge in [0.15, 0.2) is 0 Å². The summed E-state index contributed by atoms with van der Waals surface area (Å²) in [5.41, 5.74) is 1.30. The second-order valence-electron chi connectivity index (χ2n) is 9.52. The molecule has 1 saturated carbocycles. The van der Waals surface area contributed by atoms with Crippen LogP contribution >= 0.6 is 34.2 Å². The molecule has 0 unspecified atom stereocenters. The van der Waals surface area contributed by atoms with Gasteiger partial charge in [0.2, 0.25) is 11.8 Å². The maximum absolute atomic E-state index is 13.8. The van der Waals surface area contributed by atoms with Gasteiger partial charge in [-0.3, -0.25) is 9.59 Å². The van der Waals surface area contributed by atoms with Gasteiger partial charge in [0.25, 0.3) is 0 Å². The van der Waals surface area contributed by atoms with Crippen LogP contribution in [0.1, 0.15) is 37.7 Å². The fourth-order valence-electron chi connectivity index (χ4n) is 5.02. The third kappa shape index (κ3) is 7.04. The average Bonchev–Trinajstić information content (AvgIpc) is 3.44. The summed E-state index contributed by atoms with van der Waals surface area (Å²) in [5.74, 6) is 0.126. The van der Waals surface area contributed by atoms with Gasteiger partial charge in [0.1, 0.15) is 18.0 Å². The predicted octanol–water partition coefficient (Wildman–Crippen LogP) is 4.08. The fourth-order valence-corrected chi connectivity index (χ4v) is 5.66. The highest BCUT2D eigenvalue weighted by atomic mass is 127. The minimum Gasteiger partial charge on any atom is -0.482 e. The first kappa shape index (κ1) is 27.9. The molecule has 0 spiro atoms. The van der Waals surface area contributed by atoms with E-state index in [1.54, 1.807) is 23.1 Å². The molecule has 7 nitrogen and oxygen atoms in total. The molecule has 1 fully saturated rings. The number of hydrogen-bond donors (Lipinski definition) is 3. The molecule has 2 amide bonds. The number of aliphatic hydroxyl groups is 2. The molecule has 2 aliphatic carbocycles. The van der Waals surface area contributed by atoms with Crippen LogP contribution < -0.4 is 10.1 Å². The van der Waals surface area contributed by atoms with Crippen LogP contribution in [0.4, 0.5) is 0 Å². The molecule has 2 aromatic carbocycles. The summed E-state index contributed by atoms with van der Waals surface area (Å²) in [6.45, 7) is 0.215. The number of rotatable bonds is 9. The van der Waals surface area contributed by atoms with Crippen LogP contribution in [-0.4, -0.2) is 58.3 Å². The molecule has 37 heavy (non-hydrogen) atoms. The first-order valence-corrected chi connectivity index (χ1v) is 14.1. The number of nitrogens with zero attached hydrogens (tertiary/aromatic N) is 1. The molecule has 0 bridgehead atoms. The van der Waals surface area contributed by atoms with E-state index in [0.717, 1.165) is 34.8 Å². The minimum atomic E-state index is -1.05. The molecule has 198 valence electrons. The molecule has 3 atom stereocenters. The highest BCUT2D eigenvalue weighted by Gasteiger charge is 2.42. The number of carbonyl (C=O) groups is 2. The molecule has 0 aliphatic heterocycles. The summed E-state index contributed by atoms with van der Waals surface area (Å²) in [5, 5.41) is 24.1. The van der Waals surface area contributed by atoms with Crippen LogP contribution in [0.25, 0.3) is 0 Å². The number of hydrogen-bond acceptors (Lipinski definition) is 5. The predicted molar refractivity (Wildman–Crippen MR) is 150 cm³/mol. The topological polar surface area (TPSA) is 99.1 Å². The van der Waals surface area contributed by atoms with E-state index >= 15 is 0 Å². The Morgan fingerprint density at radius 1 is 1.11 bits per heavy atom. The SMILES string of the molecule is O=C(NCCO)C1=C[C@H](Oc2ccccc2I)[C@@H](O)[C@H](N(Cc2ccc(Cl)cc2)C(=O)C2CCCC2)C1. The van der Waals surface area contributed by atoms with Gasteiger partial charge in [-0.1, -0.05) is 48.7 Å². The van der Waals surface area contributed by atoms with Crippen molar-refractivity contribution in [2.45, 2.75) is 56.9 Å². The number of aliphatic hydroxyl groups excluding tert-OH is 2. The van der Waals surface area contributed by atoms with Gasteiger partial charge in [-0.15, -0.1) is 0 Å². The third-order valence-electron chi connectivity index (χ3n) is 6.97. The Labute approximate surface area is 236 Å². The van der Waals surface area contributed by atoms with Crippen molar-refractivity contribution in [1.29, 1.82) is 0 Å². The third-order valence-corrected chi connectivity index (χ3v) is 8.11. The van der Waals surface area contributed by atoms with E-state index in [-0.39, 0.29) is 43.8 Å². The summed E-state index contributed by atoms with van der Waals surface area (Å²) in [7, 11) is 0. The molecule has 0 saturated heterocycles. The lowest BCUT2D eigenvalue weighted by molar-refractivity contribution is -0.143. The number of amides is 2. The van der Waals surface area contributed by atoms with Gasteiger partial charge >= 0.3 is 0 Å². The van der Waals surface area contributed by atoms with E-state index in [9.17, 15) is 19.8 Å². The quantitative estimate of drug-likeness (QED) is 0.360. The van der Waals surface area contributed by atoms with E-state index in [0.29, 0.717) is 16.3 Å². The Morgan fingerprint density at radius 2 is 1.81 bits per heavy atom. The number of ether oxygens (including phenoxy) is 1. The second-order valence-corrected chi connectivity index (χ2v) is 11.1. The number of para-hydroxylation sites is 1. The van der Waals surface area contributed by atoms with Crippen molar-refractivity contribution in [3.63, 3.8) is 0 Å². The van der Waals surface area contributed by atoms with Crippen molar-refractivity contribution >= 4 is 46.0 Å². The smallest absolute Gasteiger partial charge is 0.247 e. The van der Waals surface area contributed by atoms with Gasteiger partial charge in [-0.05, 0) is 71.3 Å². The van der Waals surface area contributed by atoms with Crippen molar-refractivity contribution < 1.29 is 24.5 Å². The van der Waals surface area contributed by atoms with Gasteiger partial charge in [0, 0.05) is 36.0 Å².